The third-order valence-corrected chi connectivity index (χ3v) is 3.61. The molecule has 1 amide bonds. The molecule has 0 radical (unpaired) electrons. The van der Waals surface area contributed by atoms with Gasteiger partial charge < -0.3 is 10.1 Å². The molecule has 1 N–H and O–H groups in total. The van der Waals surface area contributed by atoms with Crippen molar-refractivity contribution < 1.29 is 9.53 Å². The van der Waals surface area contributed by atoms with Crippen LogP contribution in [0.15, 0.2) is 61.1 Å². The van der Waals surface area contributed by atoms with E-state index in [0.717, 1.165) is 23.0 Å². The number of nitrogens with one attached hydrogen (secondary N) is 1. The number of imidazole rings is 1. The summed E-state index contributed by atoms with van der Waals surface area (Å²) >= 11 is 0. The summed E-state index contributed by atoms with van der Waals surface area (Å²) in [6.45, 7) is 1.90. The number of benzene rings is 1. The lowest BCUT2D eigenvalue weighted by Gasteiger charge is -2.06. The zero-order valence-electron chi connectivity index (χ0n) is 14.0. The smallest absolute Gasteiger partial charge is 0.248 e. The van der Waals surface area contributed by atoms with Gasteiger partial charge in [-0.15, -0.1) is 0 Å². The number of ether oxygens (including phenoxy) is 1. The third kappa shape index (κ3) is 4.11. The van der Waals surface area contributed by atoms with Crippen LogP contribution < -0.4 is 10.1 Å². The lowest BCUT2D eigenvalue weighted by molar-refractivity contribution is -0.111. The van der Waals surface area contributed by atoms with E-state index in [1.54, 1.807) is 31.6 Å². The maximum atomic E-state index is 12.0. The minimum atomic E-state index is -0.226. The highest BCUT2D eigenvalue weighted by Crippen LogP contribution is 2.14. The highest BCUT2D eigenvalue weighted by atomic mass is 16.5. The number of carbonyl (C=O) groups is 1. The first-order chi connectivity index (χ1) is 12.2. The molecule has 6 nitrogen and oxygen atoms in total. The van der Waals surface area contributed by atoms with Crippen molar-refractivity contribution in [1.29, 1.82) is 0 Å². The van der Waals surface area contributed by atoms with E-state index in [0.29, 0.717) is 5.69 Å². The van der Waals surface area contributed by atoms with E-state index in [4.69, 9.17) is 4.74 Å². The number of aromatic nitrogens is 3. The standard InChI is InChI=1S/C19H18N4O2/c1-14-20-10-11-23(14)18-8-7-16(13-21-18)22-19(24)9-6-15-4-3-5-17(12-15)25-2/h3-13H,1-2H3,(H,22,24)/b9-6+. The molecule has 0 saturated heterocycles. The van der Waals surface area contributed by atoms with Crippen LogP contribution in [0.2, 0.25) is 0 Å². The molecule has 0 aliphatic carbocycles. The summed E-state index contributed by atoms with van der Waals surface area (Å²) < 4.78 is 7.03. The predicted molar refractivity (Wildman–Crippen MR) is 96.8 cm³/mol. The molecule has 3 aromatic rings. The van der Waals surface area contributed by atoms with Crippen LogP contribution in [-0.4, -0.2) is 27.6 Å². The fourth-order valence-corrected chi connectivity index (χ4v) is 2.32. The molecule has 0 atom stereocenters. The van der Waals surface area contributed by atoms with Crippen LogP contribution in [0.4, 0.5) is 5.69 Å². The second-order valence-corrected chi connectivity index (χ2v) is 5.35. The monoisotopic (exact) mass is 334 g/mol. The zero-order valence-corrected chi connectivity index (χ0v) is 14.0. The second kappa shape index (κ2) is 7.44. The van der Waals surface area contributed by atoms with Gasteiger partial charge in [0.15, 0.2) is 0 Å². The van der Waals surface area contributed by atoms with Crippen molar-refractivity contribution in [1.82, 2.24) is 14.5 Å². The summed E-state index contributed by atoms with van der Waals surface area (Å²) in [7, 11) is 1.61. The van der Waals surface area contributed by atoms with Gasteiger partial charge >= 0.3 is 0 Å². The number of hydrogen-bond donors (Lipinski definition) is 1. The van der Waals surface area contributed by atoms with Gasteiger partial charge in [0.1, 0.15) is 17.4 Å². The summed E-state index contributed by atoms with van der Waals surface area (Å²) in [5, 5.41) is 2.78. The number of aryl methyl sites for hydroxylation is 1. The Hall–Kier alpha value is -3.41. The van der Waals surface area contributed by atoms with Crippen molar-refractivity contribution >= 4 is 17.7 Å². The first kappa shape index (κ1) is 16.4. The molecule has 0 fully saturated rings. The Morgan fingerprint density at radius 1 is 1.24 bits per heavy atom. The first-order valence-corrected chi connectivity index (χ1v) is 7.75. The Labute approximate surface area is 145 Å². The largest absolute Gasteiger partial charge is 0.497 e. The third-order valence-electron chi connectivity index (χ3n) is 3.61. The molecule has 1 aromatic carbocycles. The summed E-state index contributed by atoms with van der Waals surface area (Å²) in [6, 6.07) is 11.1. The Kier molecular flexibility index (Phi) is 4.89. The number of hydrogen-bond acceptors (Lipinski definition) is 4. The van der Waals surface area contributed by atoms with Crippen molar-refractivity contribution in [3.05, 3.63) is 72.5 Å². The average molecular weight is 334 g/mol. The van der Waals surface area contributed by atoms with Gasteiger partial charge in [0, 0.05) is 18.5 Å². The molecule has 2 heterocycles. The molecular weight excluding hydrogens is 316 g/mol. The van der Waals surface area contributed by atoms with E-state index in [-0.39, 0.29) is 5.91 Å². The van der Waals surface area contributed by atoms with Crippen LogP contribution in [-0.2, 0) is 4.79 Å². The van der Waals surface area contributed by atoms with E-state index in [2.05, 4.69) is 15.3 Å². The van der Waals surface area contributed by atoms with E-state index in [1.807, 2.05) is 48.0 Å². The second-order valence-electron chi connectivity index (χ2n) is 5.35. The minimum Gasteiger partial charge on any atom is -0.497 e. The molecule has 0 aliphatic rings. The maximum absolute atomic E-state index is 12.0. The number of amides is 1. The first-order valence-electron chi connectivity index (χ1n) is 7.75. The highest BCUT2D eigenvalue weighted by Gasteiger charge is 2.03. The molecule has 6 heteroatoms. The van der Waals surface area contributed by atoms with Gasteiger partial charge in [0.25, 0.3) is 0 Å². The summed E-state index contributed by atoms with van der Waals surface area (Å²) in [5.74, 6) is 2.12. The predicted octanol–water partition coefficient (Wildman–Crippen LogP) is 3.24. The molecule has 3 rings (SSSR count). The van der Waals surface area contributed by atoms with Crippen molar-refractivity contribution in [3.8, 4) is 11.6 Å². The van der Waals surface area contributed by atoms with Crippen LogP contribution in [0.1, 0.15) is 11.4 Å². The van der Waals surface area contributed by atoms with E-state index >= 15 is 0 Å². The molecule has 126 valence electrons. The fraction of sp³-hybridized carbons (Fsp3) is 0.105. The van der Waals surface area contributed by atoms with E-state index < -0.39 is 0 Å². The van der Waals surface area contributed by atoms with Gasteiger partial charge in [-0.3, -0.25) is 9.36 Å². The molecule has 0 spiro atoms. The van der Waals surface area contributed by atoms with Gasteiger partial charge in [-0.2, -0.15) is 0 Å². The molecular formula is C19H18N4O2. The number of pyridine rings is 1. The summed E-state index contributed by atoms with van der Waals surface area (Å²) in [6.07, 6.45) is 8.38. The average Bonchev–Trinajstić information content (AvgIpc) is 3.07. The van der Waals surface area contributed by atoms with Crippen molar-refractivity contribution in [2.45, 2.75) is 6.92 Å². The Morgan fingerprint density at radius 3 is 2.80 bits per heavy atom. The molecule has 0 bridgehead atoms. The Bertz CT molecular complexity index is 898. The van der Waals surface area contributed by atoms with Crippen LogP contribution in [0.3, 0.4) is 0 Å². The van der Waals surface area contributed by atoms with Crippen LogP contribution in [0.25, 0.3) is 11.9 Å². The lowest BCUT2D eigenvalue weighted by atomic mass is 10.2. The summed E-state index contributed by atoms with van der Waals surface area (Å²) in [4.78, 5) is 20.5. The quantitative estimate of drug-likeness (QED) is 0.727. The zero-order chi connectivity index (χ0) is 17.6. The van der Waals surface area contributed by atoms with Crippen LogP contribution in [0.5, 0.6) is 5.75 Å². The normalized spacial score (nSPS) is 10.8. The van der Waals surface area contributed by atoms with E-state index in [1.165, 1.54) is 6.08 Å². The molecule has 0 aliphatic heterocycles. The fourth-order valence-electron chi connectivity index (χ4n) is 2.32. The number of carbonyl (C=O) groups excluding carboxylic acids is 1. The number of nitrogens with zero attached hydrogens (tertiary/aromatic N) is 3. The number of anilines is 1. The summed E-state index contributed by atoms with van der Waals surface area (Å²) in [5.41, 5.74) is 1.51. The lowest BCUT2D eigenvalue weighted by Crippen LogP contribution is -2.08. The van der Waals surface area contributed by atoms with Crippen LogP contribution >= 0.6 is 0 Å². The van der Waals surface area contributed by atoms with Crippen LogP contribution in [0, 0.1) is 6.92 Å². The van der Waals surface area contributed by atoms with Gasteiger partial charge in [-0.25, -0.2) is 9.97 Å². The Morgan fingerprint density at radius 2 is 2.12 bits per heavy atom. The molecule has 0 unspecified atom stereocenters. The van der Waals surface area contributed by atoms with Crippen molar-refractivity contribution in [2.24, 2.45) is 0 Å². The molecule has 2 aromatic heterocycles. The van der Waals surface area contributed by atoms with Gasteiger partial charge in [-0.05, 0) is 42.8 Å². The topological polar surface area (TPSA) is 69.0 Å². The number of rotatable bonds is 5. The minimum absolute atomic E-state index is 0.226. The highest BCUT2D eigenvalue weighted by molar-refractivity contribution is 6.01. The van der Waals surface area contributed by atoms with E-state index in [9.17, 15) is 4.79 Å². The van der Waals surface area contributed by atoms with Gasteiger partial charge in [0.2, 0.25) is 5.91 Å². The van der Waals surface area contributed by atoms with Gasteiger partial charge in [-0.1, -0.05) is 12.1 Å². The van der Waals surface area contributed by atoms with Crippen molar-refractivity contribution in [3.63, 3.8) is 0 Å². The van der Waals surface area contributed by atoms with Crippen molar-refractivity contribution in [2.75, 3.05) is 12.4 Å². The molecule has 25 heavy (non-hydrogen) atoms. The number of methoxy groups -OCH3 is 1. The maximum Gasteiger partial charge on any atom is 0.248 e. The SMILES string of the molecule is COc1cccc(/C=C/C(=O)Nc2ccc(-n3ccnc3C)nc2)c1. The van der Waals surface area contributed by atoms with Gasteiger partial charge in [0.05, 0.1) is 19.0 Å². The Balaban J connectivity index is 1.64. The molecule has 0 saturated carbocycles.